The fraction of sp³-hybridized carbons (Fsp3) is 0.438. The zero-order valence-corrected chi connectivity index (χ0v) is 23.5. The van der Waals surface area contributed by atoms with Crippen LogP contribution in [-0.2, 0) is 20.7 Å². The Bertz CT molecular complexity index is 1150. The van der Waals surface area contributed by atoms with Gasteiger partial charge in [0.05, 0.1) is 18.2 Å². The summed E-state index contributed by atoms with van der Waals surface area (Å²) in [7, 11) is 1.61. The summed E-state index contributed by atoms with van der Waals surface area (Å²) in [6.07, 6.45) is 9.10. The number of amides is 2. The third-order valence-electron chi connectivity index (χ3n) is 7.21. The van der Waals surface area contributed by atoms with Crippen LogP contribution in [0.2, 0.25) is 0 Å². The first kappa shape index (κ1) is 30.9. The van der Waals surface area contributed by atoms with Gasteiger partial charge in [0.2, 0.25) is 5.91 Å². The number of hydrogen-bond acceptors (Lipinski definition) is 6. The van der Waals surface area contributed by atoms with E-state index in [-0.39, 0.29) is 24.3 Å². The summed E-state index contributed by atoms with van der Waals surface area (Å²) in [4.78, 5) is 25.3. The molecule has 4 N–H and O–H groups in total. The molecule has 0 aliphatic heterocycles. The van der Waals surface area contributed by atoms with Gasteiger partial charge in [-0.1, -0.05) is 60.7 Å². The second-order valence-corrected chi connectivity index (χ2v) is 10.3. The van der Waals surface area contributed by atoms with Gasteiger partial charge in [-0.25, -0.2) is 4.79 Å². The molecule has 1 aliphatic carbocycles. The molecule has 0 bridgehead atoms. The zero-order chi connectivity index (χ0) is 28.8. The number of aryl methyl sites for hydroxylation is 1. The number of nitrogens with one attached hydrogen (secondary N) is 2. The Hall–Kier alpha value is -3.62. The molecule has 0 aromatic heterocycles. The Morgan fingerprint density at radius 1 is 1.02 bits per heavy atom. The molecule has 0 fully saturated rings. The lowest BCUT2D eigenvalue weighted by Crippen LogP contribution is -2.40. The van der Waals surface area contributed by atoms with Crippen LogP contribution in [0.3, 0.4) is 0 Å². The predicted octanol–water partition coefficient (Wildman–Crippen LogP) is 5.12. The van der Waals surface area contributed by atoms with Crippen molar-refractivity contribution in [2.45, 2.75) is 69.7 Å². The first-order chi connectivity index (χ1) is 19.3. The van der Waals surface area contributed by atoms with E-state index in [0.29, 0.717) is 36.9 Å². The molecule has 40 heavy (non-hydrogen) atoms. The van der Waals surface area contributed by atoms with Crippen molar-refractivity contribution in [1.82, 2.24) is 10.6 Å². The van der Waals surface area contributed by atoms with Crippen molar-refractivity contribution in [2.24, 2.45) is 0 Å². The fourth-order valence-electron chi connectivity index (χ4n) is 4.71. The molecule has 2 amide bonds. The molecular weight excluding hydrogens is 508 g/mol. The molecule has 0 spiro atoms. The highest BCUT2D eigenvalue weighted by molar-refractivity contribution is 5.96. The summed E-state index contributed by atoms with van der Waals surface area (Å²) in [6.45, 7) is 2.39. The van der Waals surface area contributed by atoms with E-state index in [2.05, 4.69) is 22.8 Å². The number of carbonyl (C=O) groups excluding carboxylic acids is 2. The van der Waals surface area contributed by atoms with Crippen LogP contribution < -0.4 is 10.6 Å². The minimum absolute atomic E-state index is 0.0313. The van der Waals surface area contributed by atoms with Gasteiger partial charge in [-0.3, -0.25) is 4.79 Å². The number of aliphatic hydroxyl groups is 1. The van der Waals surface area contributed by atoms with Crippen LogP contribution in [0.1, 0.15) is 62.7 Å². The quantitative estimate of drug-likeness (QED) is 0.229. The van der Waals surface area contributed by atoms with Gasteiger partial charge >= 0.3 is 6.09 Å². The van der Waals surface area contributed by atoms with E-state index in [1.54, 1.807) is 25.3 Å². The Balaban J connectivity index is 1.46. The largest absolute Gasteiger partial charge is 0.508 e. The van der Waals surface area contributed by atoms with Gasteiger partial charge in [-0.2, -0.15) is 0 Å². The smallest absolute Gasteiger partial charge is 0.407 e. The Kier molecular flexibility index (Phi) is 12.2. The summed E-state index contributed by atoms with van der Waals surface area (Å²) >= 11 is 0. The summed E-state index contributed by atoms with van der Waals surface area (Å²) in [5.74, 6) is -0.0807. The number of rotatable bonds is 15. The standard InChI is InChI=1S/C32H42N2O6/c1-32(39-2)20-8-6-19-28(32)30(37)33-21-9-7-17-27(18-10-14-24-12-4-3-5-13-24)40-31(38)34-23-29(36)25-15-11-16-26(35)22-25/h3-6,8,11-13,15-16,19,22,27,29,35-36H,7,9-10,14,17-18,20-21,23H2,1-2H3,(H,33,37)(H,34,38)/t27-,29?,32?/m0/s1. The third-order valence-corrected chi connectivity index (χ3v) is 7.21. The van der Waals surface area contributed by atoms with E-state index >= 15 is 0 Å². The van der Waals surface area contributed by atoms with Gasteiger partial charge in [-0.15, -0.1) is 0 Å². The van der Waals surface area contributed by atoms with Gasteiger partial charge in [-0.05, 0) is 75.1 Å². The highest BCUT2D eigenvalue weighted by atomic mass is 16.6. The van der Waals surface area contributed by atoms with Gasteiger partial charge in [0.25, 0.3) is 0 Å². The summed E-state index contributed by atoms with van der Waals surface area (Å²) in [5, 5.41) is 25.6. The average molecular weight is 551 g/mol. The molecule has 2 unspecified atom stereocenters. The minimum atomic E-state index is -0.963. The van der Waals surface area contributed by atoms with Crippen molar-refractivity contribution < 1.29 is 29.3 Å². The summed E-state index contributed by atoms with van der Waals surface area (Å²) in [5.41, 5.74) is 1.73. The number of benzene rings is 2. The van der Waals surface area contributed by atoms with E-state index in [0.717, 1.165) is 25.7 Å². The predicted molar refractivity (Wildman–Crippen MR) is 155 cm³/mol. The minimum Gasteiger partial charge on any atom is -0.508 e. The van der Waals surface area contributed by atoms with Crippen molar-refractivity contribution in [3.05, 3.63) is 89.5 Å². The highest BCUT2D eigenvalue weighted by Crippen LogP contribution is 2.28. The lowest BCUT2D eigenvalue weighted by molar-refractivity contribution is -0.120. The SMILES string of the molecule is COC1(C)CC=CC=C1C(=O)NCCCC[C@@H](CCCc1ccccc1)OC(=O)NCC(O)c1cccc(O)c1. The van der Waals surface area contributed by atoms with Crippen LogP contribution in [0.25, 0.3) is 0 Å². The van der Waals surface area contributed by atoms with Gasteiger partial charge in [0, 0.05) is 19.2 Å². The first-order valence-electron chi connectivity index (χ1n) is 14.0. The van der Waals surface area contributed by atoms with Crippen LogP contribution in [0.4, 0.5) is 4.79 Å². The molecule has 0 saturated heterocycles. The van der Waals surface area contributed by atoms with Crippen molar-refractivity contribution >= 4 is 12.0 Å². The number of carbonyl (C=O) groups is 2. The van der Waals surface area contributed by atoms with E-state index in [1.165, 1.54) is 17.7 Å². The van der Waals surface area contributed by atoms with Crippen LogP contribution in [0.15, 0.2) is 78.4 Å². The monoisotopic (exact) mass is 550 g/mol. The lowest BCUT2D eigenvalue weighted by atomic mass is 9.87. The molecule has 8 heteroatoms. The van der Waals surface area contributed by atoms with Crippen LogP contribution in [0, 0.1) is 0 Å². The van der Waals surface area contributed by atoms with Gasteiger partial charge in [0.1, 0.15) is 11.9 Å². The van der Waals surface area contributed by atoms with Gasteiger partial charge < -0.3 is 30.3 Å². The second kappa shape index (κ2) is 15.8. The number of ether oxygens (including phenoxy) is 2. The van der Waals surface area contributed by atoms with E-state index in [4.69, 9.17) is 9.47 Å². The van der Waals surface area contributed by atoms with Crippen LogP contribution >= 0.6 is 0 Å². The maximum atomic E-state index is 12.7. The molecule has 1 aliphatic rings. The number of allylic oxidation sites excluding steroid dienone is 2. The maximum Gasteiger partial charge on any atom is 0.407 e. The summed E-state index contributed by atoms with van der Waals surface area (Å²) < 4.78 is 11.3. The Morgan fingerprint density at radius 3 is 2.55 bits per heavy atom. The fourth-order valence-corrected chi connectivity index (χ4v) is 4.71. The molecular formula is C32H42N2O6. The zero-order valence-electron chi connectivity index (χ0n) is 23.5. The van der Waals surface area contributed by atoms with Crippen molar-refractivity contribution in [2.75, 3.05) is 20.2 Å². The molecule has 0 radical (unpaired) electrons. The molecule has 2 aromatic rings. The first-order valence-corrected chi connectivity index (χ1v) is 14.0. The molecule has 8 nitrogen and oxygen atoms in total. The average Bonchev–Trinajstić information content (AvgIpc) is 2.96. The number of aromatic hydroxyl groups is 1. The normalized spacial score (nSPS) is 17.9. The van der Waals surface area contributed by atoms with Crippen molar-refractivity contribution in [3.63, 3.8) is 0 Å². The molecule has 0 saturated carbocycles. The number of hydrogen-bond donors (Lipinski definition) is 4. The van der Waals surface area contributed by atoms with Crippen molar-refractivity contribution in [1.29, 1.82) is 0 Å². The lowest BCUT2D eigenvalue weighted by Gasteiger charge is -2.31. The Labute approximate surface area is 237 Å². The number of phenolic OH excluding ortho intramolecular Hbond substituents is 1. The number of alkyl carbamates (subject to hydrolysis) is 1. The molecule has 2 aromatic carbocycles. The maximum absolute atomic E-state index is 12.7. The highest BCUT2D eigenvalue weighted by Gasteiger charge is 2.33. The van der Waals surface area contributed by atoms with E-state index in [9.17, 15) is 19.8 Å². The molecule has 3 atom stereocenters. The van der Waals surface area contributed by atoms with Crippen molar-refractivity contribution in [3.8, 4) is 5.75 Å². The number of aliphatic hydroxyl groups excluding tert-OH is 1. The third kappa shape index (κ3) is 9.84. The molecule has 3 rings (SSSR count). The molecule has 216 valence electrons. The second-order valence-electron chi connectivity index (χ2n) is 10.3. The van der Waals surface area contributed by atoms with Crippen LogP contribution in [-0.4, -0.2) is 54.1 Å². The Morgan fingerprint density at radius 2 is 1.80 bits per heavy atom. The molecule has 0 heterocycles. The van der Waals surface area contributed by atoms with Crippen LogP contribution in [0.5, 0.6) is 5.75 Å². The van der Waals surface area contributed by atoms with E-state index in [1.807, 2.05) is 37.3 Å². The topological polar surface area (TPSA) is 117 Å². The summed E-state index contributed by atoms with van der Waals surface area (Å²) in [6, 6.07) is 16.5. The number of unbranched alkanes of at least 4 members (excludes halogenated alkanes) is 1. The van der Waals surface area contributed by atoms with Gasteiger partial charge in [0.15, 0.2) is 0 Å². The van der Waals surface area contributed by atoms with E-state index < -0.39 is 17.8 Å². The number of methoxy groups -OCH3 is 1. The number of phenols is 1.